The van der Waals surface area contributed by atoms with E-state index in [2.05, 4.69) is 241 Å². The van der Waals surface area contributed by atoms with Crippen molar-refractivity contribution in [1.82, 2.24) is 0 Å². The fourth-order valence-corrected chi connectivity index (χ4v) is 13.0. The molecule has 3 aliphatic carbocycles. The number of para-hydroxylation sites is 4. The van der Waals surface area contributed by atoms with E-state index in [9.17, 15) is 0 Å². The van der Waals surface area contributed by atoms with Crippen molar-refractivity contribution in [2.24, 2.45) is 0 Å². The molecule has 15 rings (SSSR count). The summed E-state index contributed by atoms with van der Waals surface area (Å²) in [6.07, 6.45) is 4.31. The van der Waals surface area contributed by atoms with Gasteiger partial charge in [0, 0.05) is 39.2 Å². The summed E-state index contributed by atoms with van der Waals surface area (Å²) >= 11 is 0. The second-order valence-corrected chi connectivity index (χ2v) is 19.0. The fraction of sp³-hybridized carbons (Fsp3) is 0.0606. The van der Waals surface area contributed by atoms with Crippen LogP contribution in [0.2, 0.25) is 0 Å². The molecule has 10 aromatic carbocycles. The van der Waals surface area contributed by atoms with E-state index in [-0.39, 0.29) is 0 Å². The van der Waals surface area contributed by atoms with Gasteiger partial charge in [-0.05, 0) is 128 Å². The number of ether oxygens (including phenoxy) is 2. The average molecular weight is 882 g/mol. The van der Waals surface area contributed by atoms with Crippen LogP contribution in [-0.2, 0) is 10.8 Å². The number of nitrogens with zero attached hydrogens (tertiary/aromatic N) is 1. The second kappa shape index (κ2) is 14.4. The Balaban J connectivity index is 0.998. The van der Waals surface area contributed by atoms with Gasteiger partial charge in [-0.25, -0.2) is 0 Å². The topological polar surface area (TPSA) is 21.7 Å². The van der Waals surface area contributed by atoms with Gasteiger partial charge in [0.2, 0.25) is 0 Å². The predicted octanol–water partition coefficient (Wildman–Crippen LogP) is 16.7. The Morgan fingerprint density at radius 1 is 0.348 bits per heavy atom. The van der Waals surface area contributed by atoms with Crippen molar-refractivity contribution >= 4 is 27.7 Å². The minimum Gasteiger partial charge on any atom is -0.457 e. The first-order valence-corrected chi connectivity index (χ1v) is 24.1. The van der Waals surface area contributed by atoms with E-state index in [4.69, 9.17) is 9.47 Å². The van der Waals surface area contributed by atoms with Crippen LogP contribution >= 0.6 is 0 Å². The van der Waals surface area contributed by atoms with Gasteiger partial charge in [0.1, 0.15) is 23.0 Å². The van der Waals surface area contributed by atoms with E-state index in [0.717, 1.165) is 52.8 Å². The van der Waals surface area contributed by atoms with Gasteiger partial charge in [-0.3, -0.25) is 0 Å². The van der Waals surface area contributed by atoms with Crippen LogP contribution in [0.25, 0.3) is 38.6 Å². The van der Waals surface area contributed by atoms with Crippen LogP contribution < -0.4 is 14.4 Å². The lowest BCUT2D eigenvalue weighted by atomic mass is 9.64. The second-order valence-electron chi connectivity index (χ2n) is 19.0. The number of hydrogen-bond donors (Lipinski definition) is 0. The minimum absolute atomic E-state index is 0.565. The summed E-state index contributed by atoms with van der Waals surface area (Å²) in [6.45, 7) is 0. The monoisotopic (exact) mass is 881 g/mol. The Morgan fingerprint density at radius 3 is 1.58 bits per heavy atom. The number of allylic oxidation sites excluding steroid dienone is 4. The van der Waals surface area contributed by atoms with E-state index in [1.54, 1.807) is 0 Å². The van der Waals surface area contributed by atoms with Crippen LogP contribution in [-0.4, -0.2) is 0 Å². The highest BCUT2D eigenvalue weighted by atomic mass is 16.5. The standard InChI is InChI=1S/C66H43NO2/c1-2-18-42(19-3-1)47-22-8-14-30-60(47)67(46-34-36-50-48-23-6-9-25-52(48)66(58(50)41-46)56-28-12-15-31-61(56)68-62-32-16-13-29-57(62)66)45-35-37-54-51(40-45)49-24-7-10-26-53(49)65(54)55-27-11-17-33-63(55)69-64-39-44-21-5-4-20-43(44)38-59(64)65/h1-33,35,37-41H,34,36H2. The van der Waals surface area contributed by atoms with Crippen LogP contribution in [0.1, 0.15) is 57.3 Å². The van der Waals surface area contributed by atoms with Gasteiger partial charge in [0.15, 0.2) is 0 Å². The molecule has 2 aliphatic heterocycles. The molecule has 2 spiro atoms. The molecule has 0 bridgehead atoms. The zero-order valence-electron chi connectivity index (χ0n) is 37.7. The number of benzene rings is 10. The molecule has 0 saturated carbocycles. The molecule has 324 valence electrons. The minimum atomic E-state index is -0.596. The van der Waals surface area contributed by atoms with Gasteiger partial charge >= 0.3 is 0 Å². The third kappa shape index (κ3) is 5.17. The quantitative estimate of drug-likeness (QED) is 0.176. The largest absolute Gasteiger partial charge is 0.457 e. The maximum Gasteiger partial charge on any atom is 0.132 e. The smallest absolute Gasteiger partial charge is 0.132 e. The van der Waals surface area contributed by atoms with Gasteiger partial charge < -0.3 is 14.4 Å². The summed E-state index contributed by atoms with van der Waals surface area (Å²) in [5.41, 5.74) is 19.8. The first-order valence-electron chi connectivity index (χ1n) is 24.1. The van der Waals surface area contributed by atoms with Gasteiger partial charge in [0.05, 0.1) is 16.5 Å². The molecule has 10 aromatic rings. The molecular weight excluding hydrogens is 839 g/mol. The maximum absolute atomic E-state index is 6.88. The van der Waals surface area contributed by atoms with E-state index in [1.165, 1.54) is 88.8 Å². The van der Waals surface area contributed by atoms with Crippen LogP contribution in [0.4, 0.5) is 11.4 Å². The Morgan fingerprint density at radius 2 is 0.870 bits per heavy atom. The lowest BCUT2D eigenvalue weighted by Crippen LogP contribution is -2.33. The summed E-state index contributed by atoms with van der Waals surface area (Å²) in [5, 5.41) is 2.36. The van der Waals surface area contributed by atoms with E-state index < -0.39 is 10.8 Å². The van der Waals surface area contributed by atoms with Crippen molar-refractivity contribution in [2.45, 2.75) is 23.7 Å². The first-order chi connectivity index (χ1) is 34.2. The molecule has 1 unspecified atom stereocenters. The van der Waals surface area contributed by atoms with Crippen LogP contribution in [0.15, 0.2) is 248 Å². The molecule has 0 fully saturated rings. The summed E-state index contributed by atoms with van der Waals surface area (Å²) in [4.78, 5) is 2.58. The normalized spacial score (nSPS) is 17.0. The van der Waals surface area contributed by atoms with Crippen LogP contribution in [0.5, 0.6) is 23.0 Å². The number of rotatable bonds is 4. The van der Waals surface area contributed by atoms with Crippen molar-refractivity contribution in [3.8, 4) is 45.3 Å². The van der Waals surface area contributed by atoms with Crippen molar-refractivity contribution in [2.75, 3.05) is 4.90 Å². The highest BCUT2D eigenvalue weighted by molar-refractivity contribution is 5.96. The molecule has 0 aromatic heterocycles. The average Bonchev–Trinajstić information content (AvgIpc) is 3.86. The molecule has 2 heterocycles. The SMILES string of the molecule is C1=C(N(c2ccc3c(c2)-c2ccccc2C32c3ccccc3Oc3cc4ccccc4cc32)c2ccccc2-c2ccccc2)CCC2=C1C1(c3ccccc3Oc3ccccc31)c1ccccc12. The molecule has 3 heteroatoms. The molecule has 5 aliphatic rings. The molecule has 1 atom stereocenters. The zero-order chi connectivity index (χ0) is 45.3. The van der Waals surface area contributed by atoms with Gasteiger partial charge in [0.25, 0.3) is 0 Å². The fourth-order valence-electron chi connectivity index (χ4n) is 13.0. The zero-order valence-corrected chi connectivity index (χ0v) is 37.7. The summed E-state index contributed by atoms with van der Waals surface area (Å²) in [7, 11) is 0. The Hall–Kier alpha value is -8.66. The van der Waals surface area contributed by atoms with Crippen molar-refractivity contribution < 1.29 is 9.47 Å². The third-order valence-corrected chi connectivity index (χ3v) is 15.7. The Bertz CT molecular complexity index is 3830. The number of fused-ring (bicyclic) bond motifs is 18. The van der Waals surface area contributed by atoms with Crippen LogP contribution in [0, 0.1) is 0 Å². The summed E-state index contributed by atoms with van der Waals surface area (Å²) in [5.74, 6) is 3.60. The Labute approximate surface area is 401 Å². The molecule has 0 N–H and O–H groups in total. The highest BCUT2D eigenvalue weighted by Crippen LogP contribution is 2.65. The lowest BCUT2D eigenvalue weighted by molar-refractivity contribution is 0.435. The Kier molecular flexibility index (Phi) is 8.04. The number of anilines is 2. The number of hydrogen-bond acceptors (Lipinski definition) is 3. The lowest BCUT2D eigenvalue weighted by Gasteiger charge is -2.41. The molecule has 0 saturated heterocycles. The van der Waals surface area contributed by atoms with Crippen LogP contribution in [0.3, 0.4) is 0 Å². The molecule has 0 amide bonds. The van der Waals surface area contributed by atoms with E-state index >= 15 is 0 Å². The van der Waals surface area contributed by atoms with Crippen molar-refractivity contribution in [3.05, 3.63) is 292 Å². The predicted molar refractivity (Wildman–Crippen MR) is 279 cm³/mol. The maximum atomic E-state index is 6.88. The van der Waals surface area contributed by atoms with E-state index in [0.29, 0.717) is 0 Å². The van der Waals surface area contributed by atoms with Gasteiger partial charge in [-0.15, -0.1) is 0 Å². The highest BCUT2D eigenvalue weighted by Gasteiger charge is 2.54. The molecule has 3 nitrogen and oxygen atoms in total. The molecule has 69 heavy (non-hydrogen) atoms. The first kappa shape index (κ1) is 38.4. The van der Waals surface area contributed by atoms with Crippen molar-refractivity contribution in [1.29, 1.82) is 0 Å². The summed E-state index contributed by atoms with van der Waals surface area (Å²) < 4.78 is 13.6. The third-order valence-electron chi connectivity index (χ3n) is 15.7. The molecule has 0 radical (unpaired) electrons. The van der Waals surface area contributed by atoms with Gasteiger partial charge in [-0.1, -0.05) is 182 Å². The van der Waals surface area contributed by atoms with E-state index in [1.807, 2.05) is 0 Å². The van der Waals surface area contributed by atoms with Crippen molar-refractivity contribution in [3.63, 3.8) is 0 Å². The summed E-state index contributed by atoms with van der Waals surface area (Å²) in [6, 6.07) is 84.6. The molecular formula is C66H43NO2. The van der Waals surface area contributed by atoms with Gasteiger partial charge in [-0.2, -0.15) is 0 Å².